The van der Waals surface area contributed by atoms with Crippen molar-refractivity contribution in [2.75, 3.05) is 12.9 Å². The number of carbonyl (C=O) groups is 2. The van der Waals surface area contributed by atoms with Gasteiger partial charge in [0, 0.05) is 23.4 Å². The van der Waals surface area contributed by atoms with Gasteiger partial charge in [0.1, 0.15) is 11.8 Å². The molecular formula is C24H31ClN2O3S. The van der Waals surface area contributed by atoms with Crippen LogP contribution in [-0.4, -0.2) is 41.7 Å². The SMILES string of the molecule is CC[C@@H](C)NC(=O)[C@H](C)N(Cc1cccc(Cl)c1)C(=O)CSCc1ccc(OC)cc1. The van der Waals surface area contributed by atoms with Crippen molar-refractivity contribution in [2.24, 2.45) is 0 Å². The summed E-state index contributed by atoms with van der Waals surface area (Å²) in [5.41, 5.74) is 2.01. The molecule has 0 aromatic heterocycles. The van der Waals surface area contributed by atoms with Gasteiger partial charge in [-0.2, -0.15) is 0 Å². The molecule has 0 saturated heterocycles. The van der Waals surface area contributed by atoms with Gasteiger partial charge in [0.25, 0.3) is 0 Å². The average molecular weight is 463 g/mol. The van der Waals surface area contributed by atoms with Gasteiger partial charge in [0.2, 0.25) is 11.8 Å². The lowest BCUT2D eigenvalue weighted by molar-refractivity contribution is -0.138. The fraction of sp³-hybridized carbons (Fsp3) is 0.417. The molecule has 0 aliphatic carbocycles. The Morgan fingerprint density at radius 3 is 2.45 bits per heavy atom. The second-order valence-corrected chi connectivity index (χ2v) is 8.91. The van der Waals surface area contributed by atoms with Crippen molar-refractivity contribution in [3.63, 3.8) is 0 Å². The van der Waals surface area contributed by atoms with Crippen LogP contribution in [0.3, 0.4) is 0 Å². The summed E-state index contributed by atoms with van der Waals surface area (Å²) in [4.78, 5) is 27.4. The molecule has 0 bridgehead atoms. The molecule has 0 spiro atoms. The van der Waals surface area contributed by atoms with Crippen LogP contribution >= 0.6 is 23.4 Å². The Hall–Kier alpha value is -2.18. The second kappa shape index (κ2) is 12.6. The minimum Gasteiger partial charge on any atom is -0.497 e. The van der Waals surface area contributed by atoms with E-state index in [1.165, 1.54) is 11.8 Å². The van der Waals surface area contributed by atoms with Crippen LogP contribution in [0.5, 0.6) is 5.75 Å². The first-order chi connectivity index (χ1) is 14.8. The van der Waals surface area contributed by atoms with Gasteiger partial charge >= 0.3 is 0 Å². The Bertz CT molecular complexity index is 860. The third-order valence-electron chi connectivity index (χ3n) is 5.06. The van der Waals surface area contributed by atoms with Crippen molar-refractivity contribution in [1.29, 1.82) is 0 Å². The highest BCUT2D eigenvalue weighted by molar-refractivity contribution is 7.99. The summed E-state index contributed by atoms with van der Waals surface area (Å²) in [6.07, 6.45) is 0.832. The maximum atomic E-state index is 13.1. The maximum absolute atomic E-state index is 13.1. The number of methoxy groups -OCH3 is 1. The van der Waals surface area contributed by atoms with Crippen LogP contribution in [0, 0.1) is 0 Å². The first-order valence-electron chi connectivity index (χ1n) is 10.4. The molecule has 0 fully saturated rings. The quantitative estimate of drug-likeness (QED) is 0.515. The zero-order valence-corrected chi connectivity index (χ0v) is 20.1. The van der Waals surface area contributed by atoms with Crippen molar-refractivity contribution < 1.29 is 14.3 Å². The molecule has 0 aliphatic rings. The second-order valence-electron chi connectivity index (χ2n) is 7.49. The Balaban J connectivity index is 2.06. The van der Waals surface area contributed by atoms with Gasteiger partial charge in [-0.1, -0.05) is 42.8 Å². The molecule has 2 aromatic carbocycles. The van der Waals surface area contributed by atoms with Crippen LogP contribution in [0.15, 0.2) is 48.5 Å². The van der Waals surface area contributed by atoms with Crippen LogP contribution in [0.2, 0.25) is 5.02 Å². The summed E-state index contributed by atoms with van der Waals surface area (Å²) in [5, 5.41) is 3.58. The number of nitrogens with one attached hydrogen (secondary N) is 1. The molecule has 1 N–H and O–H groups in total. The van der Waals surface area contributed by atoms with E-state index in [1.807, 2.05) is 56.3 Å². The molecule has 31 heavy (non-hydrogen) atoms. The van der Waals surface area contributed by atoms with Crippen molar-refractivity contribution in [2.45, 2.75) is 51.6 Å². The molecular weight excluding hydrogens is 432 g/mol. The number of amides is 2. The standard InChI is InChI=1S/C24H31ClN2O3S/c1-5-17(2)26-24(29)18(3)27(14-20-7-6-8-21(25)13-20)23(28)16-31-15-19-9-11-22(30-4)12-10-19/h6-13,17-18H,5,14-16H2,1-4H3,(H,26,29)/t17-,18+/m1/s1. The summed E-state index contributed by atoms with van der Waals surface area (Å²) in [7, 11) is 1.63. The number of thioether (sulfide) groups is 1. The number of hydrogen-bond donors (Lipinski definition) is 1. The van der Waals surface area contributed by atoms with E-state index >= 15 is 0 Å². The molecule has 5 nitrogen and oxygen atoms in total. The fourth-order valence-electron chi connectivity index (χ4n) is 2.94. The fourth-order valence-corrected chi connectivity index (χ4v) is 4.02. The van der Waals surface area contributed by atoms with E-state index in [4.69, 9.17) is 16.3 Å². The normalized spacial score (nSPS) is 12.7. The van der Waals surface area contributed by atoms with E-state index in [1.54, 1.807) is 25.0 Å². The summed E-state index contributed by atoms with van der Waals surface area (Å²) >= 11 is 7.64. The third-order valence-corrected chi connectivity index (χ3v) is 6.29. The molecule has 2 atom stereocenters. The van der Waals surface area contributed by atoms with Crippen LogP contribution in [0.4, 0.5) is 0 Å². The monoisotopic (exact) mass is 462 g/mol. The first-order valence-corrected chi connectivity index (χ1v) is 11.9. The lowest BCUT2D eigenvalue weighted by atomic mass is 10.1. The highest BCUT2D eigenvalue weighted by atomic mass is 35.5. The minimum absolute atomic E-state index is 0.0579. The van der Waals surface area contributed by atoms with Gasteiger partial charge < -0.3 is 15.0 Å². The van der Waals surface area contributed by atoms with E-state index in [-0.39, 0.29) is 23.6 Å². The summed E-state index contributed by atoms with van der Waals surface area (Å²) < 4.78 is 5.18. The molecule has 2 rings (SSSR count). The molecule has 2 amide bonds. The molecule has 0 heterocycles. The largest absolute Gasteiger partial charge is 0.497 e. The lowest BCUT2D eigenvalue weighted by Gasteiger charge is -2.29. The predicted octanol–water partition coefficient (Wildman–Crippen LogP) is 4.91. The van der Waals surface area contributed by atoms with Gasteiger partial charge in [-0.3, -0.25) is 9.59 Å². The van der Waals surface area contributed by atoms with Gasteiger partial charge in [-0.05, 0) is 55.7 Å². The van der Waals surface area contributed by atoms with Crippen LogP contribution in [0.25, 0.3) is 0 Å². The Kier molecular flexibility index (Phi) is 10.2. The number of hydrogen-bond acceptors (Lipinski definition) is 4. The van der Waals surface area contributed by atoms with E-state index in [0.29, 0.717) is 17.3 Å². The van der Waals surface area contributed by atoms with Gasteiger partial charge in [0.15, 0.2) is 0 Å². The zero-order valence-electron chi connectivity index (χ0n) is 18.6. The smallest absolute Gasteiger partial charge is 0.242 e. The van der Waals surface area contributed by atoms with Crippen LogP contribution in [-0.2, 0) is 21.9 Å². The average Bonchev–Trinajstić information content (AvgIpc) is 2.77. The summed E-state index contributed by atoms with van der Waals surface area (Å²) in [6, 6.07) is 14.6. The third kappa shape index (κ3) is 8.11. The molecule has 168 valence electrons. The Morgan fingerprint density at radius 2 is 1.84 bits per heavy atom. The van der Waals surface area contributed by atoms with Crippen molar-refractivity contribution in [3.8, 4) is 5.75 Å². The molecule has 0 saturated carbocycles. The number of benzene rings is 2. The van der Waals surface area contributed by atoms with Gasteiger partial charge in [-0.15, -0.1) is 11.8 Å². The van der Waals surface area contributed by atoms with Crippen LogP contribution in [0.1, 0.15) is 38.3 Å². The summed E-state index contributed by atoms with van der Waals surface area (Å²) in [6.45, 7) is 6.07. The highest BCUT2D eigenvalue weighted by Crippen LogP contribution is 2.19. The maximum Gasteiger partial charge on any atom is 0.242 e. The lowest BCUT2D eigenvalue weighted by Crippen LogP contribution is -2.50. The van der Waals surface area contributed by atoms with E-state index in [0.717, 1.165) is 23.3 Å². The van der Waals surface area contributed by atoms with Gasteiger partial charge in [0.05, 0.1) is 12.9 Å². The number of carbonyl (C=O) groups excluding carboxylic acids is 2. The molecule has 0 aliphatic heterocycles. The number of nitrogens with zero attached hydrogens (tertiary/aromatic N) is 1. The number of halogens is 1. The first kappa shape index (κ1) is 25.1. The Labute approximate surface area is 194 Å². The van der Waals surface area contributed by atoms with Crippen molar-refractivity contribution >= 4 is 35.2 Å². The molecule has 2 aromatic rings. The van der Waals surface area contributed by atoms with E-state index in [2.05, 4.69) is 5.32 Å². The number of rotatable bonds is 11. The molecule has 0 radical (unpaired) electrons. The molecule has 0 unspecified atom stereocenters. The number of ether oxygens (including phenoxy) is 1. The summed E-state index contributed by atoms with van der Waals surface area (Å²) in [5.74, 6) is 1.57. The Morgan fingerprint density at radius 1 is 1.13 bits per heavy atom. The van der Waals surface area contributed by atoms with Crippen molar-refractivity contribution in [3.05, 3.63) is 64.7 Å². The van der Waals surface area contributed by atoms with Gasteiger partial charge in [-0.25, -0.2) is 0 Å². The zero-order chi connectivity index (χ0) is 22.8. The van der Waals surface area contributed by atoms with E-state index in [9.17, 15) is 9.59 Å². The van der Waals surface area contributed by atoms with E-state index < -0.39 is 6.04 Å². The highest BCUT2D eigenvalue weighted by Gasteiger charge is 2.26. The minimum atomic E-state index is -0.581. The topological polar surface area (TPSA) is 58.6 Å². The van der Waals surface area contributed by atoms with Crippen LogP contribution < -0.4 is 10.1 Å². The predicted molar refractivity (Wildman–Crippen MR) is 129 cm³/mol. The van der Waals surface area contributed by atoms with Crippen molar-refractivity contribution in [1.82, 2.24) is 10.2 Å². The molecule has 7 heteroatoms.